The van der Waals surface area contributed by atoms with Gasteiger partial charge < -0.3 is 9.47 Å². The SMILES string of the molecule is Cn1c(=O)cc(C(=O)N2CCN(S(=O)(=O)c3ccc(F)c(F)c3)CC2)c2ccccc21. The number of carbonyl (C=O) groups excluding carboxylic acids is 1. The molecule has 1 aliphatic rings. The Kier molecular flexibility index (Phi) is 5.36. The van der Waals surface area contributed by atoms with Gasteiger partial charge in [-0.1, -0.05) is 18.2 Å². The van der Waals surface area contributed by atoms with Crippen LogP contribution >= 0.6 is 0 Å². The fourth-order valence-electron chi connectivity index (χ4n) is 3.68. The average molecular weight is 447 g/mol. The van der Waals surface area contributed by atoms with Crippen molar-refractivity contribution < 1.29 is 22.0 Å². The van der Waals surface area contributed by atoms with Crippen LogP contribution in [-0.4, -0.2) is 54.3 Å². The minimum Gasteiger partial charge on any atom is -0.336 e. The second-order valence-corrected chi connectivity index (χ2v) is 9.18. The summed E-state index contributed by atoms with van der Waals surface area (Å²) in [6, 6.07) is 10.8. The van der Waals surface area contributed by atoms with Gasteiger partial charge in [0.15, 0.2) is 11.6 Å². The summed E-state index contributed by atoms with van der Waals surface area (Å²) in [6.07, 6.45) is 0. The zero-order valence-corrected chi connectivity index (χ0v) is 17.4. The number of carbonyl (C=O) groups is 1. The van der Waals surface area contributed by atoms with Gasteiger partial charge in [0.1, 0.15) is 0 Å². The summed E-state index contributed by atoms with van der Waals surface area (Å²) in [6.45, 7) is 0.197. The van der Waals surface area contributed by atoms with E-state index in [0.717, 1.165) is 16.4 Å². The summed E-state index contributed by atoms with van der Waals surface area (Å²) >= 11 is 0. The van der Waals surface area contributed by atoms with Gasteiger partial charge in [-0.15, -0.1) is 0 Å². The monoisotopic (exact) mass is 447 g/mol. The van der Waals surface area contributed by atoms with Crippen molar-refractivity contribution in [3.63, 3.8) is 0 Å². The lowest BCUT2D eigenvalue weighted by molar-refractivity contribution is 0.0699. The Morgan fingerprint density at radius 1 is 0.935 bits per heavy atom. The van der Waals surface area contributed by atoms with Gasteiger partial charge in [0, 0.05) is 44.7 Å². The van der Waals surface area contributed by atoms with Crippen LogP contribution in [0.15, 0.2) is 58.2 Å². The number of rotatable bonds is 3. The van der Waals surface area contributed by atoms with Crippen LogP contribution in [-0.2, 0) is 17.1 Å². The summed E-state index contributed by atoms with van der Waals surface area (Å²) in [4.78, 5) is 26.5. The highest BCUT2D eigenvalue weighted by Crippen LogP contribution is 2.22. The minimum atomic E-state index is -4.03. The molecule has 0 saturated carbocycles. The summed E-state index contributed by atoms with van der Waals surface area (Å²) in [5.74, 6) is -2.73. The predicted molar refractivity (Wildman–Crippen MR) is 110 cm³/mol. The zero-order chi connectivity index (χ0) is 22.3. The molecule has 4 rings (SSSR count). The van der Waals surface area contributed by atoms with E-state index in [1.54, 1.807) is 31.3 Å². The molecule has 0 bridgehead atoms. The van der Waals surface area contributed by atoms with Crippen LogP contribution in [0.4, 0.5) is 8.78 Å². The number of sulfonamides is 1. The molecule has 1 fully saturated rings. The van der Waals surface area contributed by atoms with Crippen LogP contribution in [0.1, 0.15) is 10.4 Å². The Labute approximate surface area is 177 Å². The Bertz CT molecular complexity index is 1350. The highest BCUT2D eigenvalue weighted by atomic mass is 32.2. The molecule has 0 atom stereocenters. The summed E-state index contributed by atoms with van der Waals surface area (Å²) < 4.78 is 54.7. The van der Waals surface area contributed by atoms with Crippen molar-refractivity contribution in [1.82, 2.24) is 13.8 Å². The van der Waals surface area contributed by atoms with Gasteiger partial charge >= 0.3 is 0 Å². The Morgan fingerprint density at radius 3 is 2.29 bits per heavy atom. The van der Waals surface area contributed by atoms with Gasteiger partial charge in [0.05, 0.1) is 16.0 Å². The van der Waals surface area contributed by atoms with Crippen LogP contribution in [0.25, 0.3) is 10.9 Å². The Balaban J connectivity index is 1.56. The number of halogens is 2. The minimum absolute atomic E-state index is 0.00412. The number of piperazine rings is 1. The maximum atomic E-state index is 13.5. The van der Waals surface area contributed by atoms with E-state index in [1.165, 1.54) is 15.5 Å². The van der Waals surface area contributed by atoms with E-state index >= 15 is 0 Å². The molecule has 1 aromatic heterocycles. The summed E-state index contributed by atoms with van der Waals surface area (Å²) in [5.41, 5.74) is 0.565. The van der Waals surface area contributed by atoms with Crippen molar-refractivity contribution in [2.24, 2.45) is 7.05 Å². The van der Waals surface area contributed by atoms with Crippen LogP contribution in [0.5, 0.6) is 0 Å². The first-order chi connectivity index (χ1) is 14.7. The highest BCUT2D eigenvalue weighted by Gasteiger charge is 2.31. The second kappa shape index (κ2) is 7.86. The number of aromatic nitrogens is 1. The largest absolute Gasteiger partial charge is 0.336 e. The Hall–Kier alpha value is -3.11. The quantitative estimate of drug-likeness (QED) is 0.615. The van der Waals surface area contributed by atoms with Gasteiger partial charge in [0.2, 0.25) is 10.0 Å². The maximum Gasteiger partial charge on any atom is 0.254 e. The summed E-state index contributed by atoms with van der Waals surface area (Å²) in [5, 5.41) is 0.631. The highest BCUT2D eigenvalue weighted by molar-refractivity contribution is 7.89. The average Bonchev–Trinajstić information content (AvgIpc) is 2.77. The van der Waals surface area contributed by atoms with Gasteiger partial charge in [0.25, 0.3) is 11.5 Å². The number of hydrogen-bond donors (Lipinski definition) is 0. The van der Waals surface area contributed by atoms with Crippen LogP contribution in [0.2, 0.25) is 0 Å². The predicted octanol–water partition coefficient (Wildman–Crippen LogP) is 1.96. The normalized spacial score (nSPS) is 15.4. The van der Waals surface area contributed by atoms with E-state index in [4.69, 9.17) is 0 Å². The standard InChI is InChI=1S/C21H19F2N3O4S/c1-24-19-5-3-2-4-15(19)16(13-20(24)27)21(28)25-8-10-26(11-9-25)31(29,30)14-6-7-17(22)18(23)12-14/h2-7,12-13H,8-11H2,1H3. The number of benzene rings is 2. The number of pyridine rings is 1. The summed E-state index contributed by atoms with van der Waals surface area (Å²) in [7, 11) is -2.40. The number of para-hydroxylation sites is 1. The molecular formula is C21H19F2N3O4S. The van der Waals surface area contributed by atoms with Gasteiger partial charge in [-0.2, -0.15) is 4.31 Å². The van der Waals surface area contributed by atoms with Crippen molar-refractivity contribution >= 4 is 26.8 Å². The second-order valence-electron chi connectivity index (χ2n) is 7.24. The van der Waals surface area contributed by atoms with Crippen molar-refractivity contribution in [1.29, 1.82) is 0 Å². The molecule has 10 heteroatoms. The lowest BCUT2D eigenvalue weighted by Crippen LogP contribution is -2.50. The van der Waals surface area contributed by atoms with E-state index in [2.05, 4.69) is 0 Å². The topological polar surface area (TPSA) is 79.7 Å². The van der Waals surface area contributed by atoms with Crippen molar-refractivity contribution in [2.75, 3.05) is 26.2 Å². The fraction of sp³-hybridized carbons (Fsp3) is 0.238. The molecule has 1 aliphatic heterocycles. The molecule has 2 heterocycles. The molecule has 1 saturated heterocycles. The van der Waals surface area contributed by atoms with Crippen molar-refractivity contribution in [3.05, 3.63) is 76.1 Å². The van der Waals surface area contributed by atoms with Gasteiger partial charge in [-0.25, -0.2) is 17.2 Å². The van der Waals surface area contributed by atoms with Crippen molar-refractivity contribution in [3.8, 4) is 0 Å². The van der Waals surface area contributed by atoms with E-state index in [-0.39, 0.29) is 48.1 Å². The molecule has 31 heavy (non-hydrogen) atoms. The molecular weight excluding hydrogens is 428 g/mol. The first kappa shape index (κ1) is 21.1. The third-order valence-electron chi connectivity index (χ3n) is 5.44. The van der Waals surface area contributed by atoms with E-state index in [9.17, 15) is 26.8 Å². The molecule has 0 radical (unpaired) electrons. The van der Waals surface area contributed by atoms with Crippen LogP contribution in [0, 0.1) is 11.6 Å². The molecule has 0 N–H and O–H groups in total. The molecule has 0 spiro atoms. The lowest BCUT2D eigenvalue weighted by Gasteiger charge is -2.34. The third kappa shape index (κ3) is 3.72. The number of aryl methyl sites for hydroxylation is 1. The van der Waals surface area contributed by atoms with Crippen molar-refractivity contribution in [2.45, 2.75) is 4.90 Å². The van der Waals surface area contributed by atoms with E-state index in [0.29, 0.717) is 17.0 Å². The first-order valence-electron chi connectivity index (χ1n) is 9.53. The first-order valence-corrected chi connectivity index (χ1v) is 11.0. The third-order valence-corrected chi connectivity index (χ3v) is 7.33. The lowest BCUT2D eigenvalue weighted by atomic mass is 10.1. The molecule has 3 aromatic rings. The number of amides is 1. The fourth-order valence-corrected chi connectivity index (χ4v) is 5.11. The number of nitrogens with zero attached hydrogens (tertiary/aromatic N) is 3. The van der Waals surface area contributed by atoms with Crippen LogP contribution in [0.3, 0.4) is 0 Å². The van der Waals surface area contributed by atoms with Gasteiger partial charge in [-0.3, -0.25) is 9.59 Å². The number of fused-ring (bicyclic) bond motifs is 1. The molecule has 162 valence electrons. The Morgan fingerprint density at radius 2 is 1.61 bits per heavy atom. The van der Waals surface area contributed by atoms with Gasteiger partial charge in [-0.05, 0) is 24.3 Å². The molecule has 1 amide bonds. The smallest absolute Gasteiger partial charge is 0.254 e. The maximum absolute atomic E-state index is 13.5. The van der Waals surface area contributed by atoms with E-state index in [1.807, 2.05) is 0 Å². The molecule has 0 aliphatic carbocycles. The molecule has 7 nitrogen and oxygen atoms in total. The van der Waals surface area contributed by atoms with E-state index < -0.39 is 21.7 Å². The van der Waals surface area contributed by atoms with Crippen LogP contribution < -0.4 is 5.56 Å². The number of hydrogen-bond acceptors (Lipinski definition) is 4. The molecule has 2 aromatic carbocycles. The molecule has 0 unspecified atom stereocenters. The zero-order valence-electron chi connectivity index (χ0n) is 16.6.